The lowest BCUT2D eigenvalue weighted by atomic mass is 10.0. The Balaban J connectivity index is 2.07. The monoisotopic (exact) mass is 306 g/mol. The van der Waals surface area contributed by atoms with E-state index < -0.39 is 22.1 Å². The third-order valence-corrected chi connectivity index (χ3v) is 6.03. The second-order valence-electron chi connectivity index (χ2n) is 5.40. The highest BCUT2D eigenvalue weighted by Gasteiger charge is 2.37. The maximum absolute atomic E-state index is 12.6. The van der Waals surface area contributed by atoms with Crippen LogP contribution in [-0.2, 0) is 19.7 Å². The molecule has 0 aliphatic carbocycles. The number of nitrogens with zero attached hydrogens (tertiary/aromatic N) is 2. The van der Waals surface area contributed by atoms with Gasteiger partial charge in [0.15, 0.2) is 0 Å². The van der Waals surface area contributed by atoms with Gasteiger partial charge in [0, 0.05) is 33.3 Å². The fourth-order valence-corrected chi connectivity index (χ4v) is 4.59. The van der Waals surface area contributed by atoms with Crippen LogP contribution in [0, 0.1) is 5.92 Å². The maximum Gasteiger partial charge on any atom is 0.307 e. The Hall–Kier alpha value is -0.700. The summed E-state index contributed by atoms with van der Waals surface area (Å²) in [4.78, 5) is 11.0. The highest BCUT2D eigenvalue weighted by atomic mass is 32.2. The molecule has 2 aliphatic heterocycles. The minimum absolute atomic E-state index is 0.0708. The van der Waals surface area contributed by atoms with E-state index in [2.05, 4.69) is 0 Å². The predicted molar refractivity (Wildman–Crippen MR) is 72.5 cm³/mol. The van der Waals surface area contributed by atoms with Gasteiger partial charge in [-0.1, -0.05) is 0 Å². The number of hydrogen-bond donors (Lipinski definition) is 1. The molecule has 2 atom stereocenters. The standard InChI is InChI=1S/C12H22N2O5S/c1-19-11-5-3-7-14(9-11)20(17,18)13-6-2-4-10(8-13)12(15)16/h10-11H,2-9H2,1H3,(H,15,16). The average molecular weight is 306 g/mol. The SMILES string of the molecule is COC1CCCN(S(=O)(=O)N2CCCC(C(=O)O)C2)C1. The molecule has 8 heteroatoms. The number of piperidine rings is 2. The van der Waals surface area contributed by atoms with Gasteiger partial charge in [-0.3, -0.25) is 4.79 Å². The predicted octanol–water partition coefficient (Wildman–Crippen LogP) is 0.139. The summed E-state index contributed by atoms with van der Waals surface area (Å²) >= 11 is 0. The van der Waals surface area contributed by atoms with Crippen LogP contribution >= 0.6 is 0 Å². The molecule has 0 saturated carbocycles. The first-order chi connectivity index (χ1) is 9.45. The number of carboxylic acid groups (broad SMARTS) is 1. The zero-order valence-corrected chi connectivity index (χ0v) is 12.5. The van der Waals surface area contributed by atoms with E-state index in [-0.39, 0.29) is 12.6 Å². The molecule has 0 aromatic heterocycles. The van der Waals surface area contributed by atoms with Crippen LogP contribution in [0.15, 0.2) is 0 Å². The third kappa shape index (κ3) is 3.30. The van der Waals surface area contributed by atoms with E-state index in [4.69, 9.17) is 9.84 Å². The molecule has 2 rings (SSSR count). The smallest absolute Gasteiger partial charge is 0.307 e. The molecule has 0 bridgehead atoms. The molecule has 116 valence electrons. The van der Waals surface area contributed by atoms with E-state index >= 15 is 0 Å². The molecule has 0 radical (unpaired) electrons. The van der Waals surface area contributed by atoms with Gasteiger partial charge in [0.05, 0.1) is 12.0 Å². The largest absolute Gasteiger partial charge is 0.481 e. The van der Waals surface area contributed by atoms with Crippen molar-refractivity contribution in [2.24, 2.45) is 5.92 Å². The van der Waals surface area contributed by atoms with E-state index in [1.807, 2.05) is 0 Å². The topological polar surface area (TPSA) is 87.2 Å². The van der Waals surface area contributed by atoms with Crippen LogP contribution in [-0.4, -0.2) is 67.5 Å². The first-order valence-corrected chi connectivity index (χ1v) is 8.35. The number of rotatable bonds is 4. The lowest BCUT2D eigenvalue weighted by molar-refractivity contribution is -0.142. The number of hydrogen-bond acceptors (Lipinski definition) is 4. The number of aliphatic carboxylic acids is 1. The zero-order chi connectivity index (χ0) is 14.8. The van der Waals surface area contributed by atoms with Crippen LogP contribution < -0.4 is 0 Å². The quantitative estimate of drug-likeness (QED) is 0.798. The van der Waals surface area contributed by atoms with Gasteiger partial charge < -0.3 is 9.84 Å². The second kappa shape index (κ2) is 6.38. The summed E-state index contributed by atoms with van der Waals surface area (Å²) in [5.74, 6) is -1.51. The van der Waals surface area contributed by atoms with Crippen LogP contribution in [0.25, 0.3) is 0 Å². The van der Waals surface area contributed by atoms with Crippen molar-refractivity contribution in [1.29, 1.82) is 0 Å². The molecule has 1 N–H and O–H groups in total. The van der Waals surface area contributed by atoms with E-state index in [1.54, 1.807) is 7.11 Å². The minimum Gasteiger partial charge on any atom is -0.481 e. The van der Waals surface area contributed by atoms with Gasteiger partial charge in [0.1, 0.15) is 0 Å². The Labute approximate surface area is 119 Å². The van der Waals surface area contributed by atoms with Gasteiger partial charge in [-0.15, -0.1) is 0 Å². The fraction of sp³-hybridized carbons (Fsp3) is 0.917. The van der Waals surface area contributed by atoms with Gasteiger partial charge >= 0.3 is 5.97 Å². The molecular formula is C12H22N2O5S. The average Bonchev–Trinajstić information content (AvgIpc) is 2.47. The van der Waals surface area contributed by atoms with Gasteiger partial charge in [0.25, 0.3) is 10.2 Å². The second-order valence-corrected chi connectivity index (χ2v) is 7.33. The Bertz CT molecular complexity index is 453. The summed E-state index contributed by atoms with van der Waals surface area (Å²) in [6.45, 7) is 1.32. The maximum atomic E-state index is 12.6. The highest BCUT2D eigenvalue weighted by molar-refractivity contribution is 7.86. The number of carbonyl (C=O) groups is 1. The molecule has 20 heavy (non-hydrogen) atoms. The van der Waals surface area contributed by atoms with Crippen molar-refractivity contribution in [3.8, 4) is 0 Å². The Morgan fingerprint density at radius 3 is 2.35 bits per heavy atom. The summed E-state index contributed by atoms with van der Waals surface area (Å²) in [6, 6.07) is 0. The molecule has 0 amide bonds. The van der Waals surface area contributed by atoms with Gasteiger partial charge in [-0.25, -0.2) is 0 Å². The fourth-order valence-electron chi connectivity index (χ4n) is 2.82. The lowest BCUT2D eigenvalue weighted by Gasteiger charge is -2.37. The van der Waals surface area contributed by atoms with Crippen molar-refractivity contribution >= 4 is 16.2 Å². The molecule has 2 saturated heterocycles. The summed E-state index contributed by atoms with van der Waals surface area (Å²) in [7, 11) is -1.99. The molecule has 7 nitrogen and oxygen atoms in total. The van der Waals surface area contributed by atoms with Crippen LogP contribution in [0.5, 0.6) is 0 Å². The lowest BCUT2D eigenvalue weighted by Crippen LogP contribution is -2.52. The van der Waals surface area contributed by atoms with Crippen LogP contribution in [0.3, 0.4) is 0 Å². The molecule has 0 spiro atoms. The van der Waals surface area contributed by atoms with Gasteiger partial charge in [0.2, 0.25) is 0 Å². The van der Waals surface area contributed by atoms with Gasteiger partial charge in [-0.2, -0.15) is 17.0 Å². The van der Waals surface area contributed by atoms with Crippen molar-refractivity contribution in [1.82, 2.24) is 8.61 Å². The van der Waals surface area contributed by atoms with E-state index in [0.29, 0.717) is 32.5 Å². The van der Waals surface area contributed by atoms with Crippen LogP contribution in [0.1, 0.15) is 25.7 Å². The van der Waals surface area contributed by atoms with Crippen molar-refractivity contribution in [3.63, 3.8) is 0 Å². The zero-order valence-electron chi connectivity index (χ0n) is 11.7. The summed E-state index contributed by atoms with van der Waals surface area (Å²) in [6.07, 6.45) is 2.70. The highest BCUT2D eigenvalue weighted by Crippen LogP contribution is 2.24. The van der Waals surface area contributed by atoms with E-state index in [1.165, 1.54) is 8.61 Å². The van der Waals surface area contributed by atoms with E-state index in [9.17, 15) is 13.2 Å². The number of carboxylic acids is 1. The summed E-state index contributed by atoms with van der Waals surface area (Å²) in [5, 5.41) is 9.06. The van der Waals surface area contributed by atoms with E-state index in [0.717, 1.165) is 12.8 Å². The molecule has 0 aromatic rings. The Morgan fingerprint density at radius 2 is 1.75 bits per heavy atom. The van der Waals surface area contributed by atoms with Crippen LogP contribution in [0.4, 0.5) is 0 Å². The first kappa shape index (κ1) is 15.7. The van der Waals surface area contributed by atoms with Crippen molar-refractivity contribution in [2.45, 2.75) is 31.8 Å². The Morgan fingerprint density at radius 1 is 1.15 bits per heavy atom. The van der Waals surface area contributed by atoms with Crippen molar-refractivity contribution in [3.05, 3.63) is 0 Å². The molecule has 2 fully saturated rings. The normalized spacial score (nSPS) is 30.2. The minimum atomic E-state index is -3.57. The van der Waals surface area contributed by atoms with Gasteiger partial charge in [-0.05, 0) is 25.7 Å². The summed E-state index contributed by atoms with van der Waals surface area (Å²) in [5.41, 5.74) is 0. The van der Waals surface area contributed by atoms with Crippen molar-refractivity contribution in [2.75, 3.05) is 33.3 Å². The molecule has 2 aliphatic rings. The van der Waals surface area contributed by atoms with Crippen LogP contribution in [0.2, 0.25) is 0 Å². The molecule has 2 unspecified atom stereocenters. The third-order valence-electron chi connectivity index (χ3n) is 4.06. The Kier molecular flexibility index (Phi) is 5.00. The molecule has 0 aromatic carbocycles. The first-order valence-electron chi connectivity index (χ1n) is 6.96. The molecule has 2 heterocycles. The number of methoxy groups -OCH3 is 1. The summed E-state index contributed by atoms with van der Waals surface area (Å²) < 4.78 is 33.1. The number of ether oxygens (including phenoxy) is 1. The molecular weight excluding hydrogens is 284 g/mol. The van der Waals surface area contributed by atoms with Crippen molar-refractivity contribution < 1.29 is 23.1 Å².